The molecule has 0 saturated heterocycles. The van der Waals surface area contributed by atoms with E-state index < -0.39 is 5.97 Å². The van der Waals surface area contributed by atoms with Crippen molar-refractivity contribution in [1.82, 2.24) is 0 Å². The van der Waals surface area contributed by atoms with Crippen molar-refractivity contribution in [3.05, 3.63) is 70.5 Å². The van der Waals surface area contributed by atoms with Crippen LogP contribution < -0.4 is 0 Å². The monoisotopic (exact) mass is 278 g/mol. The molecule has 2 aromatic rings. The minimum Gasteiger partial charge on any atom is -0.481 e. The number of hydrogen-bond donors (Lipinski definition) is 1. The molecule has 1 N–H and O–H groups in total. The van der Waals surface area contributed by atoms with E-state index in [1.54, 1.807) is 30.3 Å². The van der Waals surface area contributed by atoms with Crippen LogP contribution in [0.1, 0.15) is 23.5 Å². The second-order valence-corrected chi connectivity index (χ2v) is 4.69. The minimum absolute atomic E-state index is 0.0635. The van der Waals surface area contributed by atoms with E-state index in [4.69, 9.17) is 16.7 Å². The van der Waals surface area contributed by atoms with Gasteiger partial charge in [-0.2, -0.15) is 0 Å². The second kappa shape index (κ2) is 5.85. The number of carbonyl (C=O) groups is 1. The van der Waals surface area contributed by atoms with Crippen LogP contribution in [0.5, 0.6) is 0 Å². The number of carboxylic acid groups (broad SMARTS) is 1. The second-order valence-electron chi connectivity index (χ2n) is 4.26. The Morgan fingerprint density at radius 3 is 2.42 bits per heavy atom. The fraction of sp³-hybridized carbons (Fsp3) is 0.133. The smallest absolute Gasteiger partial charge is 0.304 e. The molecule has 1 atom stereocenters. The van der Waals surface area contributed by atoms with Gasteiger partial charge in [0.1, 0.15) is 5.82 Å². The topological polar surface area (TPSA) is 37.3 Å². The molecule has 0 aromatic heterocycles. The Balaban J connectivity index is 2.40. The van der Waals surface area contributed by atoms with Gasteiger partial charge in [0.05, 0.1) is 6.42 Å². The lowest BCUT2D eigenvalue weighted by Crippen LogP contribution is -2.08. The number of rotatable bonds is 4. The molecule has 0 radical (unpaired) electrons. The van der Waals surface area contributed by atoms with Crippen LogP contribution in [0.3, 0.4) is 0 Å². The lowest BCUT2D eigenvalue weighted by molar-refractivity contribution is -0.137. The van der Waals surface area contributed by atoms with Crippen LogP contribution in [0.15, 0.2) is 48.5 Å². The molecular weight excluding hydrogens is 267 g/mol. The normalized spacial score (nSPS) is 12.1. The van der Waals surface area contributed by atoms with Crippen molar-refractivity contribution in [2.75, 3.05) is 0 Å². The third-order valence-corrected chi connectivity index (χ3v) is 3.14. The average molecular weight is 279 g/mol. The summed E-state index contributed by atoms with van der Waals surface area (Å²) in [5.74, 6) is -1.59. The van der Waals surface area contributed by atoms with Crippen LogP contribution >= 0.6 is 11.6 Å². The summed E-state index contributed by atoms with van der Waals surface area (Å²) in [5, 5.41) is 9.57. The number of benzene rings is 2. The van der Waals surface area contributed by atoms with Crippen molar-refractivity contribution >= 4 is 17.6 Å². The maximum Gasteiger partial charge on any atom is 0.304 e. The van der Waals surface area contributed by atoms with Gasteiger partial charge >= 0.3 is 5.97 Å². The van der Waals surface area contributed by atoms with Gasteiger partial charge in [-0.15, -0.1) is 0 Å². The van der Waals surface area contributed by atoms with Gasteiger partial charge < -0.3 is 5.11 Å². The fourth-order valence-corrected chi connectivity index (χ4v) is 2.22. The van der Waals surface area contributed by atoms with Gasteiger partial charge in [0.15, 0.2) is 0 Å². The van der Waals surface area contributed by atoms with Crippen molar-refractivity contribution in [2.24, 2.45) is 0 Å². The van der Waals surface area contributed by atoms with Crippen LogP contribution in [0.2, 0.25) is 5.02 Å². The molecule has 2 rings (SSSR count). The lowest BCUT2D eigenvalue weighted by atomic mass is 9.88. The minimum atomic E-state index is -0.908. The lowest BCUT2D eigenvalue weighted by Gasteiger charge is -2.16. The number of halogens is 2. The van der Waals surface area contributed by atoms with E-state index in [-0.39, 0.29) is 18.2 Å². The van der Waals surface area contributed by atoms with Gasteiger partial charge in [-0.1, -0.05) is 35.9 Å². The molecule has 19 heavy (non-hydrogen) atoms. The van der Waals surface area contributed by atoms with E-state index in [2.05, 4.69) is 0 Å². The molecule has 4 heteroatoms. The standard InChI is InChI=1S/C15H12ClFO2/c16-12-3-1-2-11(8-12)14(9-15(18)19)10-4-6-13(17)7-5-10/h1-8,14H,9H2,(H,18,19). The molecule has 0 fully saturated rings. The van der Waals surface area contributed by atoms with E-state index in [0.717, 1.165) is 11.1 Å². The Kier molecular flexibility index (Phi) is 4.17. The molecule has 0 spiro atoms. The molecule has 0 heterocycles. The zero-order valence-electron chi connectivity index (χ0n) is 10.0. The maximum absolute atomic E-state index is 12.9. The molecular formula is C15H12ClFO2. The quantitative estimate of drug-likeness (QED) is 0.915. The summed E-state index contributed by atoms with van der Waals surface area (Å²) in [5.41, 5.74) is 1.56. The summed E-state index contributed by atoms with van der Waals surface area (Å²) in [6.07, 6.45) is -0.0635. The Hall–Kier alpha value is -1.87. The summed E-state index contributed by atoms with van der Waals surface area (Å²) in [7, 11) is 0. The highest BCUT2D eigenvalue weighted by atomic mass is 35.5. The zero-order chi connectivity index (χ0) is 13.8. The molecule has 0 aliphatic carbocycles. The predicted octanol–water partition coefficient (Wildman–Crippen LogP) is 4.09. The van der Waals surface area contributed by atoms with Crippen molar-refractivity contribution in [1.29, 1.82) is 0 Å². The Labute approximate surface area is 115 Å². The third-order valence-electron chi connectivity index (χ3n) is 2.90. The molecule has 0 amide bonds. The summed E-state index contributed by atoms with van der Waals surface area (Å²) >= 11 is 5.93. The number of aliphatic carboxylic acids is 1. The summed E-state index contributed by atoms with van der Waals surface area (Å²) in [4.78, 5) is 11.0. The SMILES string of the molecule is O=C(O)CC(c1ccc(F)cc1)c1cccc(Cl)c1. The summed E-state index contributed by atoms with van der Waals surface area (Å²) in [6.45, 7) is 0. The van der Waals surface area contributed by atoms with Gasteiger partial charge in [0.25, 0.3) is 0 Å². The molecule has 98 valence electrons. The summed E-state index contributed by atoms with van der Waals surface area (Å²) < 4.78 is 12.9. The third kappa shape index (κ3) is 3.55. The van der Waals surface area contributed by atoms with Crippen LogP contribution in [0, 0.1) is 5.82 Å². The van der Waals surface area contributed by atoms with E-state index >= 15 is 0 Å². The molecule has 0 aliphatic heterocycles. The van der Waals surface area contributed by atoms with Gasteiger partial charge in [0.2, 0.25) is 0 Å². The van der Waals surface area contributed by atoms with Gasteiger partial charge in [-0.25, -0.2) is 4.39 Å². The van der Waals surface area contributed by atoms with Crippen molar-refractivity contribution in [3.63, 3.8) is 0 Å². The van der Waals surface area contributed by atoms with E-state index in [1.807, 2.05) is 6.07 Å². The molecule has 2 aromatic carbocycles. The first kappa shape index (κ1) is 13.6. The van der Waals surface area contributed by atoms with Crippen molar-refractivity contribution < 1.29 is 14.3 Å². The highest BCUT2D eigenvalue weighted by Crippen LogP contribution is 2.29. The van der Waals surface area contributed by atoms with Crippen molar-refractivity contribution in [3.8, 4) is 0 Å². The van der Waals surface area contributed by atoms with Crippen LogP contribution in [-0.2, 0) is 4.79 Å². The van der Waals surface area contributed by atoms with E-state index in [0.29, 0.717) is 5.02 Å². The Bertz CT molecular complexity index is 581. The van der Waals surface area contributed by atoms with E-state index in [1.165, 1.54) is 12.1 Å². The molecule has 0 saturated carbocycles. The number of carboxylic acids is 1. The van der Waals surface area contributed by atoms with Crippen LogP contribution in [0.4, 0.5) is 4.39 Å². The first-order chi connectivity index (χ1) is 9.06. The zero-order valence-corrected chi connectivity index (χ0v) is 10.8. The first-order valence-corrected chi connectivity index (χ1v) is 6.17. The van der Waals surface area contributed by atoms with Crippen molar-refractivity contribution in [2.45, 2.75) is 12.3 Å². The van der Waals surface area contributed by atoms with E-state index in [9.17, 15) is 9.18 Å². The Morgan fingerprint density at radius 1 is 1.16 bits per heavy atom. The van der Waals surface area contributed by atoms with Gasteiger partial charge in [0, 0.05) is 10.9 Å². The molecule has 2 nitrogen and oxygen atoms in total. The van der Waals surface area contributed by atoms with Gasteiger partial charge in [-0.05, 0) is 35.4 Å². The number of hydrogen-bond acceptors (Lipinski definition) is 1. The fourth-order valence-electron chi connectivity index (χ4n) is 2.02. The van der Waals surface area contributed by atoms with Crippen LogP contribution in [-0.4, -0.2) is 11.1 Å². The van der Waals surface area contributed by atoms with Crippen LogP contribution in [0.25, 0.3) is 0 Å². The summed E-state index contributed by atoms with van der Waals surface area (Å²) in [6, 6.07) is 12.9. The first-order valence-electron chi connectivity index (χ1n) is 5.79. The predicted molar refractivity (Wildman–Crippen MR) is 71.9 cm³/mol. The largest absolute Gasteiger partial charge is 0.481 e. The molecule has 0 bridgehead atoms. The highest BCUT2D eigenvalue weighted by Gasteiger charge is 2.18. The Morgan fingerprint density at radius 2 is 1.84 bits per heavy atom. The van der Waals surface area contributed by atoms with Gasteiger partial charge in [-0.3, -0.25) is 4.79 Å². The highest BCUT2D eigenvalue weighted by molar-refractivity contribution is 6.30. The molecule has 0 aliphatic rings. The maximum atomic E-state index is 12.9. The molecule has 1 unspecified atom stereocenters. The average Bonchev–Trinajstić information content (AvgIpc) is 2.37.